The molecule has 0 aromatic carbocycles. The first-order chi connectivity index (χ1) is 7.70. The third kappa shape index (κ3) is 3.42. The SMILES string of the molecule is CN1CCN(Cc2c(CN)cnn2C)CC1.Cl. The number of hydrogen-bond acceptors (Lipinski definition) is 4. The first kappa shape index (κ1) is 14.4. The molecule has 1 aromatic rings. The number of aromatic nitrogens is 2. The van der Waals surface area contributed by atoms with Gasteiger partial charge in [0.2, 0.25) is 0 Å². The topological polar surface area (TPSA) is 50.3 Å². The Kier molecular flexibility index (Phi) is 5.39. The molecule has 17 heavy (non-hydrogen) atoms. The average Bonchev–Trinajstić information content (AvgIpc) is 2.63. The third-order valence-electron chi connectivity index (χ3n) is 3.34. The second kappa shape index (κ2) is 6.35. The van der Waals surface area contributed by atoms with Gasteiger partial charge in [-0.3, -0.25) is 9.58 Å². The fourth-order valence-electron chi connectivity index (χ4n) is 2.10. The Morgan fingerprint density at radius 2 is 1.88 bits per heavy atom. The molecule has 1 saturated heterocycles. The molecule has 2 N–H and O–H groups in total. The summed E-state index contributed by atoms with van der Waals surface area (Å²) in [5, 5.41) is 4.27. The zero-order valence-corrected chi connectivity index (χ0v) is 11.4. The molecule has 0 aliphatic carbocycles. The highest BCUT2D eigenvalue weighted by Gasteiger charge is 2.16. The minimum atomic E-state index is 0. The number of nitrogens with two attached hydrogens (primary N) is 1. The molecule has 0 atom stereocenters. The normalized spacial score (nSPS) is 18.1. The van der Waals surface area contributed by atoms with Gasteiger partial charge in [0, 0.05) is 51.9 Å². The maximum atomic E-state index is 5.71. The number of nitrogens with zero attached hydrogens (tertiary/aromatic N) is 4. The highest BCUT2D eigenvalue weighted by Crippen LogP contribution is 2.11. The molecule has 2 rings (SSSR count). The number of aryl methyl sites for hydroxylation is 1. The molecule has 0 radical (unpaired) electrons. The number of likely N-dealkylation sites (N-methyl/N-ethyl adjacent to an activating group) is 1. The van der Waals surface area contributed by atoms with E-state index in [4.69, 9.17) is 5.73 Å². The van der Waals surface area contributed by atoms with Gasteiger partial charge in [0.1, 0.15) is 0 Å². The van der Waals surface area contributed by atoms with Gasteiger partial charge in [-0.05, 0) is 7.05 Å². The maximum absolute atomic E-state index is 5.71. The van der Waals surface area contributed by atoms with Gasteiger partial charge in [-0.15, -0.1) is 12.4 Å². The van der Waals surface area contributed by atoms with Gasteiger partial charge < -0.3 is 10.6 Å². The number of halogens is 1. The molecule has 0 saturated carbocycles. The molecule has 1 aromatic heterocycles. The van der Waals surface area contributed by atoms with Gasteiger partial charge in [0.15, 0.2) is 0 Å². The molecule has 0 bridgehead atoms. The Balaban J connectivity index is 0.00000144. The van der Waals surface area contributed by atoms with Crippen molar-refractivity contribution in [1.29, 1.82) is 0 Å². The minimum absolute atomic E-state index is 0. The van der Waals surface area contributed by atoms with Gasteiger partial charge in [0.25, 0.3) is 0 Å². The van der Waals surface area contributed by atoms with Crippen molar-refractivity contribution in [3.63, 3.8) is 0 Å². The van der Waals surface area contributed by atoms with Crippen molar-refractivity contribution in [3.8, 4) is 0 Å². The summed E-state index contributed by atoms with van der Waals surface area (Å²) in [5.41, 5.74) is 8.14. The van der Waals surface area contributed by atoms with Gasteiger partial charge in [0.05, 0.1) is 11.9 Å². The van der Waals surface area contributed by atoms with E-state index in [0.29, 0.717) is 6.54 Å². The van der Waals surface area contributed by atoms with Gasteiger partial charge in [-0.1, -0.05) is 0 Å². The van der Waals surface area contributed by atoms with E-state index in [1.807, 2.05) is 17.9 Å². The van der Waals surface area contributed by atoms with Crippen molar-refractivity contribution in [2.45, 2.75) is 13.1 Å². The van der Waals surface area contributed by atoms with Crippen LogP contribution in [0.2, 0.25) is 0 Å². The summed E-state index contributed by atoms with van der Waals surface area (Å²) in [6.45, 7) is 6.11. The smallest absolute Gasteiger partial charge is 0.0565 e. The first-order valence-corrected chi connectivity index (χ1v) is 5.81. The monoisotopic (exact) mass is 259 g/mol. The Labute approximate surface area is 109 Å². The van der Waals surface area contributed by atoms with Gasteiger partial charge in [-0.2, -0.15) is 5.10 Å². The molecule has 1 fully saturated rings. The molecule has 2 heterocycles. The second-order valence-corrected chi connectivity index (χ2v) is 4.52. The van der Waals surface area contributed by atoms with Crippen molar-refractivity contribution in [2.75, 3.05) is 33.2 Å². The molecule has 1 aliphatic heterocycles. The quantitative estimate of drug-likeness (QED) is 0.833. The standard InChI is InChI=1S/C11H21N5.ClH/c1-14-3-5-16(6-4-14)9-11-10(7-12)8-13-15(11)2;/h8H,3-7,9,12H2,1-2H3;1H. The lowest BCUT2D eigenvalue weighted by Crippen LogP contribution is -2.44. The third-order valence-corrected chi connectivity index (χ3v) is 3.34. The van der Waals surface area contributed by atoms with E-state index in [2.05, 4.69) is 21.9 Å². The Bertz CT molecular complexity index is 344. The molecule has 98 valence electrons. The fourth-order valence-corrected chi connectivity index (χ4v) is 2.10. The van der Waals surface area contributed by atoms with Crippen LogP contribution in [-0.4, -0.2) is 52.8 Å². The van der Waals surface area contributed by atoms with Crippen molar-refractivity contribution in [3.05, 3.63) is 17.5 Å². The second-order valence-electron chi connectivity index (χ2n) is 4.52. The van der Waals surface area contributed by atoms with Crippen molar-refractivity contribution in [1.82, 2.24) is 19.6 Å². The van der Waals surface area contributed by atoms with E-state index in [1.165, 1.54) is 11.3 Å². The Morgan fingerprint density at radius 1 is 1.24 bits per heavy atom. The largest absolute Gasteiger partial charge is 0.326 e. The van der Waals surface area contributed by atoms with Crippen LogP contribution in [0, 0.1) is 0 Å². The van der Waals surface area contributed by atoms with Crippen LogP contribution in [0.15, 0.2) is 6.20 Å². The van der Waals surface area contributed by atoms with Crippen LogP contribution in [0.5, 0.6) is 0 Å². The number of hydrogen-bond donors (Lipinski definition) is 1. The zero-order valence-electron chi connectivity index (χ0n) is 10.6. The Hall–Kier alpha value is -0.620. The van der Waals surface area contributed by atoms with E-state index in [9.17, 15) is 0 Å². The van der Waals surface area contributed by atoms with Crippen molar-refractivity contribution < 1.29 is 0 Å². The maximum Gasteiger partial charge on any atom is 0.0565 e. The summed E-state index contributed by atoms with van der Waals surface area (Å²) in [5.74, 6) is 0. The van der Waals surface area contributed by atoms with Crippen LogP contribution in [0.25, 0.3) is 0 Å². The highest BCUT2D eigenvalue weighted by molar-refractivity contribution is 5.85. The highest BCUT2D eigenvalue weighted by atomic mass is 35.5. The molecular formula is C11H22ClN5. The van der Waals surface area contributed by atoms with Crippen LogP contribution in [0.3, 0.4) is 0 Å². The predicted molar refractivity (Wildman–Crippen MR) is 71.1 cm³/mol. The molecular weight excluding hydrogens is 238 g/mol. The van der Waals surface area contributed by atoms with Gasteiger partial charge in [-0.25, -0.2) is 0 Å². The van der Waals surface area contributed by atoms with Crippen molar-refractivity contribution in [2.24, 2.45) is 12.8 Å². The zero-order chi connectivity index (χ0) is 11.5. The first-order valence-electron chi connectivity index (χ1n) is 5.81. The lowest BCUT2D eigenvalue weighted by molar-refractivity contribution is 0.145. The van der Waals surface area contributed by atoms with E-state index < -0.39 is 0 Å². The summed E-state index contributed by atoms with van der Waals surface area (Å²) in [4.78, 5) is 4.83. The molecule has 0 spiro atoms. The average molecular weight is 260 g/mol. The van der Waals surface area contributed by atoms with E-state index >= 15 is 0 Å². The molecule has 5 nitrogen and oxygen atoms in total. The van der Waals surface area contributed by atoms with Gasteiger partial charge >= 0.3 is 0 Å². The van der Waals surface area contributed by atoms with Crippen LogP contribution >= 0.6 is 12.4 Å². The fraction of sp³-hybridized carbons (Fsp3) is 0.727. The minimum Gasteiger partial charge on any atom is -0.326 e. The summed E-state index contributed by atoms with van der Waals surface area (Å²) in [6.07, 6.45) is 1.88. The van der Waals surface area contributed by atoms with Crippen molar-refractivity contribution >= 4 is 12.4 Å². The Morgan fingerprint density at radius 3 is 2.47 bits per heavy atom. The van der Waals surface area contributed by atoms with Crippen LogP contribution in [-0.2, 0) is 20.1 Å². The van der Waals surface area contributed by atoms with E-state index in [-0.39, 0.29) is 12.4 Å². The molecule has 1 aliphatic rings. The number of piperazine rings is 1. The number of rotatable bonds is 3. The summed E-state index contributed by atoms with van der Waals surface area (Å²) < 4.78 is 1.94. The van der Waals surface area contributed by atoms with Crippen LogP contribution in [0.1, 0.15) is 11.3 Å². The lowest BCUT2D eigenvalue weighted by atomic mass is 10.2. The van der Waals surface area contributed by atoms with Crippen LogP contribution < -0.4 is 5.73 Å². The predicted octanol–water partition coefficient (Wildman–Crippen LogP) is 0.0480. The van der Waals surface area contributed by atoms with E-state index in [1.54, 1.807) is 0 Å². The van der Waals surface area contributed by atoms with E-state index in [0.717, 1.165) is 32.7 Å². The summed E-state index contributed by atoms with van der Waals surface area (Å²) in [6, 6.07) is 0. The molecule has 0 amide bonds. The lowest BCUT2D eigenvalue weighted by Gasteiger charge is -2.32. The molecule has 6 heteroatoms. The molecule has 0 unspecified atom stereocenters. The summed E-state index contributed by atoms with van der Waals surface area (Å²) in [7, 11) is 4.16. The summed E-state index contributed by atoms with van der Waals surface area (Å²) >= 11 is 0. The van der Waals surface area contributed by atoms with Crippen LogP contribution in [0.4, 0.5) is 0 Å².